The molecule has 0 aliphatic carbocycles. The van der Waals surface area contributed by atoms with Crippen molar-refractivity contribution >= 4 is 0 Å². The number of nitrogens with two attached hydrogens (primary N) is 1. The van der Waals surface area contributed by atoms with Crippen LogP contribution in [0.3, 0.4) is 0 Å². The fourth-order valence-electron chi connectivity index (χ4n) is 1.59. The summed E-state index contributed by atoms with van der Waals surface area (Å²) in [5.74, 6) is 1.61. The van der Waals surface area contributed by atoms with Gasteiger partial charge in [-0.15, -0.1) is 0 Å². The van der Waals surface area contributed by atoms with Gasteiger partial charge in [-0.1, -0.05) is 6.07 Å². The molecule has 0 aromatic heterocycles. The summed E-state index contributed by atoms with van der Waals surface area (Å²) >= 11 is 0. The number of hydrogen-bond donors (Lipinski definition) is 1. The van der Waals surface area contributed by atoms with E-state index in [1.165, 1.54) is 5.56 Å². The summed E-state index contributed by atoms with van der Waals surface area (Å²) in [6.07, 6.45) is 0.854. The Morgan fingerprint density at radius 3 is 2.31 bits per heavy atom. The molecule has 0 aliphatic heterocycles. The van der Waals surface area contributed by atoms with Crippen LogP contribution in [-0.4, -0.2) is 19.3 Å². The van der Waals surface area contributed by atoms with Crippen LogP contribution in [0.5, 0.6) is 11.5 Å². The van der Waals surface area contributed by atoms with Crippen LogP contribution in [0.25, 0.3) is 0 Å². The normalized spacial score (nSPS) is 12.2. The minimum atomic E-state index is 0.160. The first-order valence-electron chi connectivity index (χ1n) is 5.81. The summed E-state index contributed by atoms with van der Waals surface area (Å²) in [5, 5.41) is 0. The van der Waals surface area contributed by atoms with E-state index in [-0.39, 0.29) is 6.04 Å². The van der Waals surface area contributed by atoms with E-state index in [0.29, 0.717) is 13.2 Å². The number of benzene rings is 1. The molecule has 3 nitrogen and oxygen atoms in total. The van der Waals surface area contributed by atoms with Crippen molar-refractivity contribution in [1.29, 1.82) is 0 Å². The second-order valence-corrected chi connectivity index (χ2v) is 3.83. The molecule has 0 bridgehead atoms. The minimum absolute atomic E-state index is 0.160. The van der Waals surface area contributed by atoms with Gasteiger partial charge in [-0.05, 0) is 44.9 Å². The number of rotatable bonds is 6. The average Bonchev–Trinajstić information content (AvgIpc) is 2.21. The van der Waals surface area contributed by atoms with Crippen LogP contribution in [-0.2, 0) is 6.42 Å². The Bertz CT molecular complexity index is 324. The molecule has 0 heterocycles. The minimum Gasteiger partial charge on any atom is -0.490 e. The van der Waals surface area contributed by atoms with Gasteiger partial charge >= 0.3 is 0 Å². The van der Waals surface area contributed by atoms with Crippen LogP contribution in [0.15, 0.2) is 18.2 Å². The van der Waals surface area contributed by atoms with Crippen LogP contribution in [0.4, 0.5) is 0 Å². The Morgan fingerprint density at radius 1 is 1.12 bits per heavy atom. The fourth-order valence-corrected chi connectivity index (χ4v) is 1.59. The van der Waals surface area contributed by atoms with Crippen LogP contribution < -0.4 is 15.2 Å². The molecule has 1 rings (SSSR count). The molecule has 2 N–H and O–H groups in total. The van der Waals surface area contributed by atoms with Gasteiger partial charge in [0.2, 0.25) is 0 Å². The third-order valence-electron chi connectivity index (χ3n) is 2.17. The van der Waals surface area contributed by atoms with Crippen LogP contribution in [0, 0.1) is 0 Å². The number of hydrogen-bond acceptors (Lipinski definition) is 3. The second-order valence-electron chi connectivity index (χ2n) is 3.83. The Morgan fingerprint density at radius 2 is 1.75 bits per heavy atom. The zero-order chi connectivity index (χ0) is 12.0. The third kappa shape index (κ3) is 3.74. The molecule has 0 saturated carbocycles. The van der Waals surface area contributed by atoms with E-state index in [0.717, 1.165) is 17.9 Å². The summed E-state index contributed by atoms with van der Waals surface area (Å²) in [6, 6.07) is 6.16. The van der Waals surface area contributed by atoms with Crippen molar-refractivity contribution in [2.45, 2.75) is 33.2 Å². The zero-order valence-electron chi connectivity index (χ0n) is 10.3. The van der Waals surface area contributed by atoms with Gasteiger partial charge in [0.25, 0.3) is 0 Å². The summed E-state index contributed by atoms with van der Waals surface area (Å²) in [4.78, 5) is 0. The van der Waals surface area contributed by atoms with E-state index in [2.05, 4.69) is 0 Å². The Hall–Kier alpha value is -1.22. The predicted octanol–water partition coefficient (Wildman–Crippen LogP) is 2.37. The van der Waals surface area contributed by atoms with Crippen LogP contribution in [0.2, 0.25) is 0 Å². The van der Waals surface area contributed by atoms with E-state index >= 15 is 0 Å². The smallest absolute Gasteiger partial charge is 0.161 e. The molecule has 0 spiro atoms. The molecular formula is C13H21NO2. The van der Waals surface area contributed by atoms with Gasteiger partial charge < -0.3 is 15.2 Å². The quantitative estimate of drug-likeness (QED) is 0.805. The first-order chi connectivity index (χ1) is 7.67. The highest BCUT2D eigenvalue weighted by atomic mass is 16.5. The van der Waals surface area contributed by atoms with Crippen molar-refractivity contribution in [2.24, 2.45) is 5.73 Å². The third-order valence-corrected chi connectivity index (χ3v) is 2.17. The molecule has 16 heavy (non-hydrogen) atoms. The topological polar surface area (TPSA) is 44.5 Å². The average molecular weight is 223 g/mol. The van der Waals surface area contributed by atoms with Crippen molar-refractivity contribution in [3.63, 3.8) is 0 Å². The fraction of sp³-hybridized carbons (Fsp3) is 0.538. The van der Waals surface area contributed by atoms with E-state index < -0.39 is 0 Å². The van der Waals surface area contributed by atoms with Gasteiger partial charge in [0.1, 0.15) is 0 Å². The van der Waals surface area contributed by atoms with Gasteiger partial charge in [0.05, 0.1) is 13.2 Å². The first kappa shape index (κ1) is 12.8. The summed E-state index contributed by atoms with van der Waals surface area (Å²) in [6.45, 7) is 7.21. The molecule has 0 amide bonds. The van der Waals surface area contributed by atoms with Gasteiger partial charge in [-0.3, -0.25) is 0 Å². The lowest BCUT2D eigenvalue weighted by Gasteiger charge is -2.13. The molecule has 1 atom stereocenters. The highest BCUT2D eigenvalue weighted by Gasteiger charge is 2.07. The molecule has 0 aliphatic rings. The number of ether oxygens (including phenoxy) is 2. The highest BCUT2D eigenvalue weighted by molar-refractivity contribution is 5.43. The zero-order valence-corrected chi connectivity index (χ0v) is 10.3. The van der Waals surface area contributed by atoms with Gasteiger partial charge in [-0.25, -0.2) is 0 Å². The van der Waals surface area contributed by atoms with E-state index in [1.807, 2.05) is 39.0 Å². The summed E-state index contributed by atoms with van der Waals surface area (Å²) in [5.41, 5.74) is 6.96. The lowest BCUT2D eigenvalue weighted by Crippen LogP contribution is -2.17. The van der Waals surface area contributed by atoms with Crippen molar-refractivity contribution in [2.75, 3.05) is 13.2 Å². The predicted molar refractivity (Wildman–Crippen MR) is 66.1 cm³/mol. The van der Waals surface area contributed by atoms with Crippen molar-refractivity contribution in [1.82, 2.24) is 0 Å². The van der Waals surface area contributed by atoms with Gasteiger partial charge in [-0.2, -0.15) is 0 Å². The Balaban J connectivity index is 2.87. The van der Waals surface area contributed by atoms with E-state index in [4.69, 9.17) is 15.2 Å². The molecule has 0 unspecified atom stereocenters. The van der Waals surface area contributed by atoms with E-state index in [1.54, 1.807) is 0 Å². The molecule has 1 aromatic rings. The monoisotopic (exact) mass is 223 g/mol. The maximum Gasteiger partial charge on any atom is 0.161 e. The molecule has 0 saturated heterocycles. The van der Waals surface area contributed by atoms with Crippen LogP contribution >= 0.6 is 0 Å². The standard InChI is InChI=1S/C13H21NO2/c1-4-15-12-7-6-11(8-10(3)14)9-13(12)16-5-2/h6-7,9-10H,4-5,8,14H2,1-3H3/t10-/m1/s1. The maximum atomic E-state index is 5.77. The summed E-state index contributed by atoms with van der Waals surface area (Å²) in [7, 11) is 0. The van der Waals surface area contributed by atoms with Crippen molar-refractivity contribution in [3.05, 3.63) is 23.8 Å². The van der Waals surface area contributed by atoms with Crippen molar-refractivity contribution in [3.8, 4) is 11.5 Å². The SMILES string of the molecule is CCOc1ccc(C[C@@H](C)N)cc1OCC. The molecule has 3 heteroatoms. The lowest BCUT2D eigenvalue weighted by molar-refractivity contribution is 0.287. The lowest BCUT2D eigenvalue weighted by atomic mass is 10.1. The first-order valence-corrected chi connectivity index (χ1v) is 5.81. The Kier molecular flexibility index (Phi) is 5.12. The largest absolute Gasteiger partial charge is 0.490 e. The molecule has 0 fully saturated rings. The molecule has 1 aromatic carbocycles. The molecule has 90 valence electrons. The highest BCUT2D eigenvalue weighted by Crippen LogP contribution is 2.28. The Labute approximate surface area is 97.6 Å². The summed E-state index contributed by atoms with van der Waals surface area (Å²) < 4.78 is 11.0. The van der Waals surface area contributed by atoms with E-state index in [9.17, 15) is 0 Å². The maximum absolute atomic E-state index is 5.77. The van der Waals surface area contributed by atoms with Gasteiger partial charge in [0, 0.05) is 6.04 Å². The molecule has 0 radical (unpaired) electrons. The van der Waals surface area contributed by atoms with Gasteiger partial charge in [0.15, 0.2) is 11.5 Å². The second kappa shape index (κ2) is 6.38. The van der Waals surface area contributed by atoms with Crippen molar-refractivity contribution < 1.29 is 9.47 Å². The molecular weight excluding hydrogens is 202 g/mol. The van der Waals surface area contributed by atoms with Crippen LogP contribution in [0.1, 0.15) is 26.3 Å².